The van der Waals surface area contributed by atoms with Crippen molar-refractivity contribution in [3.8, 4) is 11.5 Å². The summed E-state index contributed by atoms with van der Waals surface area (Å²) < 4.78 is 11.2. The van der Waals surface area contributed by atoms with Crippen molar-refractivity contribution in [1.82, 2.24) is 10.6 Å². The largest absolute Gasteiger partial charge is 0.494 e. The number of amides is 1. The Bertz CT molecular complexity index is 564. The summed E-state index contributed by atoms with van der Waals surface area (Å²) in [7, 11) is 0. The molecule has 3 unspecified atom stereocenters. The average molecular weight is 320 g/mol. The van der Waals surface area contributed by atoms with E-state index in [-0.39, 0.29) is 23.8 Å². The molecule has 23 heavy (non-hydrogen) atoms. The third-order valence-electron chi connectivity index (χ3n) is 4.46. The fourth-order valence-corrected chi connectivity index (χ4v) is 3.10. The number of nitrogens with one attached hydrogen (secondary N) is 2. The summed E-state index contributed by atoms with van der Waals surface area (Å²) in [6.07, 6.45) is 0.264. The number of ether oxygens (including phenoxy) is 2. The van der Waals surface area contributed by atoms with Crippen molar-refractivity contribution in [3.63, 3.8) is 0 Å². The maximum absolute atomic E-state index is 12.4. The van der Waals surface area contributed by atoms with Crippen LogP contribution in [0.25, 0.3) is 0 Å². The smallest absolute Gasteiger partial charge is 0.226 e. The number of benzene rings is 1. The molecule has 0 aromatic heterocycles. The van der Waals surface area contributed by atoms with Crippen LogP contribution >= 0.6 is 0 Å². The van der Waals surface area contributed by atoms with Crippen molar-refractivity contribution in [2.75, 3.05) is 32.8 Å². The van der Waals surface area contributed by atoms with E-state index >= 15 is 0 Å². The number of fused-ring (bicyclic) bond motifs is 1. The van der Waals surface area contributed by atoms with Crippen molar-refractivity contribution in [1.29, 1.82) is 0 Å². The van der Waals surface area contributed by atoms with Crippen molar-refractivity contribution < 1.29 is 19.4 Å². The summed E-state index contributed by atoms with van der Waals surface area (Å²) in [5.41, 5.74) is 1.00. The van der Waals surface area contributed by atoms with Crippen LogP contribution in [0.1, 0.15) is 12.5 Å². The average Bonchev–Trinajstić information content (AvgIpc) is 2.97. The van der Waals surface area contributed by atoms with Crippen LogP contribution in [0.2, 0.25) is 0 Å². The molecule has 126 valence electrons. The van der Waals surface area contributed by atoms with Crippen LogP contribution in [0.3, 0.4) is 0 Å². The van der Waals surface area contributed by atoms with E-state index in [1.807, 2.05) is 25.1 Å². The fraction of sp³-hybridized carbons (Fsp3) is 0.588. The van der Waals surface area contributed by atoms with Crippen LogP contribution in [0.4, 0.5) is 0 Å². The molecule has 2 aliphatic heterocycles. The van der Waals surface area contributed by atoms with Gasteiger partial charge in [-0.2, -0.15) is 0 Å². The zero-order chi connectivity index (χ0) is 16.2. The Hall–Kier alpha value is -1.79. The molecule has 0 radical (unpaired) electrons. The van der Waals surface area contributed by atoms with E-state index in [9.17, 15) is 9.90 Å². The molecular formula is C17H24N2O4. The molecule has 2 aliphatic rings. The van der Waals surface area contributed by atoms with E-state index in [0.717, 1.165) is 23.6 Å². The van der Waals surface area contributed by atoms with E-state index < -0.39 is 0 Å². The minimum Gasteiger partial charge on any atom is -0.494 e. The summed E-state index contributed by atoms with van der Waals surface area (Å²) in [5, 5.41) is 15.8. The summed E-state index contributed by atoms with van der Waals surface area (Å²) >= 11 is 0. The molecule has 0 bridgehead atoms. The third kappa shape index (κ3) is 3.76. The predicted molar refractivity (Wildman–Crippen MR) is 85.7 cm³/mol. The molecule has 1 fully saturated rings. The van der Waals surface area contributed by atoms with E-state index in [1.54, 1.807) is 0 Å². The molecule has 2 heterocycles. The van der Waals surface area contributed by atoms with Gasteiger partial charge in [-0.05, 0) is 37.1 Å². The van der Waals surface area contributed by atoms with Gasteiger partial charge in [0.2, 0.25) is 5.91 Å². The lowest BCUT2D eigenvalue weighted by atomic mass is 9.95. The normalized spacial score (nSPS) is 26.3. The van der Waals surface area contributed by atoms with Crippen LogP contribution in [0.5, 0.6) is 11.5 Å². The van der Waals surface area contributed by atoms with Gasteiger partial charge in [0.25, 0.3) is 0 Å². The van der Waals surface area contributed by atoms with Gasteiger partial charge in [-0.1, -0.05) is 0 Å². The van der Waals surface area contributed by atoms with Crippen LogP contribution in [0.15, 0.2) is 18.2 Å². The van der Waals surface area contributed by atoms with Gasteiger partial charge in [-0.25, -0.2) is 0 Å². The van der Waals surface area contributed by atoms with Gasteiger partial charge in [0.15, 0.2) is 0 Å². The molecule has 3 atom stereocenters. The Kier molecular flexibility index (Phi) is 5.03. The molecule has 6 nitrogen and oxygen atoms in total. The zero-order valence-corrected chi connectivity index (χ0v) is 13.4. The quantitative estimate of drug-likeness (QED) is 0.729. The molecule has 0 spiro atoms. The maximum atomic E-state index is 12.4. The molecule has 3 rings (SSSR count). The number of hydrogen-bond acceptors (Lipinski definition) is 5. The summed E-state index contributed by atoms with van der Waals surface area (Å²) in [6.45, 7) is 4.78. The highest BCUT2D eigenvalue weighted by Crippen LogP contribution is 2.30. The summed E-state index contributed by atoms with van der Waals surface area (Å²) in [6, 6.07) is 5.73. The Balaban J connectivity index is 1.57. The minimum absolute atomic E-state index is 0.0171. The van der Waals surface area contributed by atoms with Crippen LogP contribution in [0, 0.1) is 11.8 Å². The van der Waals surface area contributed by atoms with Crippen LogP contribution < -0.4 is 20.1 Å². The zero-order valence-electron chi connectivity index (χ0n) is 13.4. The second-order valence-corrected chi connectivity index (χ2v) is 6.15. The van der Waals surface area contributed by atoms with E-state index in [1.165, 1.54) is 0 Å². The molecule has 6 heteroatoms. The second-order valence-electron chi connectivity index (χ2n) is 6.15. The van der Waals surface area contributed by atoms with Crippen molar-refractivity contribution in [2.45, 2.75) is 19.4 Å². The van der Waals surface area contributed by atoms with Crippen LogP contribution in [-0.4, -0.2) is 50.0 Å². The van der Waals surface area contributed by atoms with Gasteiger partial charge in [0.1, 0.15) is 18.1 Å². The molecule has 1 aromatic carbocycles. The standard InChI is InChI=1S/C17H24N2O4/c1-2-22-14-3-4-16-11(6-14)5-12(10-23-16)17(21)19-8-13-7-18-9-15(13)20/h3-4,6,12-13,15,18,20H,2,5,7-10H2,1H3,(H,19,21). The number of rotatable bonds is 5. The Morgan fingerprint density at radius 3 is 3.09 bits per heavy atom. The van der Waals surface area contributed by atoms with Gasteiger partial charge in [-0.15, -0.1) is 0 Å². The van der Waals surface area contributed by atoms with E-state index in [2.05, 4.69) is 10.6 Å². The molecule has 0 saturated carbocycles. The first kappa shape index (κ1) is 16.1. The van der Waals surface area contributed by atoms with Gasteiger partial charge >= 0.3 is 0 Å². The Labute approximate surface area is 136 Å². The van der Waals surface area contributed by atoms with E-state index in [0.29, 0.717) is 32.7 Å². The van der Waals surface area contributed by atoms with Gasteiger partial charge < -0.3 is 25.2 Å². The fourth-order valence-electron chi connectivity index (χ4n) is 3.10. The topological polar surface area (TPSA) is 79.8 Å². The van der Waals surface area contributed by atoms with Gasteiger partial charge in [0.05, 0.1) is 18.6 Å². The van der Waals surface area contributed by atoms with Crippen LogP contribution in [-0.2, 0) is 11.2 Å². The molecule has 0 aliphatic carbocycles. The van der Waals surface area contributed by atoms with Crippen molar-refractivity contribution >= 4 is 5.91 Å². The molecule has 1 amide bonds. The van der Waals surface area contributed by atoms with Crippen molar-refractivity contribution in [2.24, 2.45) is 11.8 Å². The van der Waals surface area contributed by atoms with Gasteiger partial charge in [0, 0.05) is 25.6 Å². The second kappa shape index (κ2) is 7.19. The number of β-amino-alcohol motifs (C(OH)–C–C–N with tert-alkyl or cyclic N) is 1. The molecule has 3 N–H and O–H groups in total. The Morgan fingerprint density at radius 1 is 1.48 bits per heavy atom. The number of carbonyl (C=O) groups excluding carboxylic acids is 1. The number of aliphatic hydroxyl groups excluding tert-OH is 1. The summed E-state index contributed by atoms with van der Waals surface area (Å²) in [5.74, 6) is 1.49. The lowest BCUT2D eigenvalue weighted by Crippen LogP contribution is -2.41. The highest BCUT2D eigenvalue weighted by atomic mass is 16.5. The Morgan fingerprint density at radius 2 is 2.35 bits per heavy atom. The molecule has 1 aromatic rings. The predicted octanol–water partition coefficient (Wildman–Crippen LogP) is 0.333. The first-order chi connectivity index (χ1) is 11.2. The highest BCUT2D eigenvalue weighted by molar-refractivity contribution is 5.79. The molecule has 1 saturated heterocycles. The third-order valence-corrected chi connectivity index (χ3v) is 4.46. The SMILES string of the molecule is CCOc1ccc2c(c1)CC(C(=O)NCC1CNCC1O)CO2. The lowest BCUT2D eigenvalue weighted by Gasteiger charge is -2.25. The number of carbonyl (C=O) groups is 1. The van der Waals surface area contributed by atoms with Gasteiger partial charge in [-0.3, -0.25) is 4.79 Å². The number of hydrogen-bond donors (Lipinski definition) is 3. The van der Waals surface area contributed by atoms with E-state index in [4.69, 9.17) is 9.47 Å². The first-order valence-corrected chi connectivity index (χ1v) is 8.22. The first-order valence-electron chi connectivity index (χ1n) is 8.22. The lowest BCUT2D eigenvalue weighted by molar-refractivity contribution is -0.126. The number of aliphatic hydroxyl groups is 1. The monoisotopic (exact) mass is 320 g/mol. The molecular weight excluding hydrogens is 296 g/mol. The minimum atomic E-state index is -0.382. The maximum Gasteiger partial charge on any atom is 0.226 e. The van der Waals surface area contributed by atoms with Crippen molar-refractivity contribution in [3.05, 3.63) is 23.8 Å². The summed E-state index contributed by atoms with van der Waals surface area (Å²) in [4.78, 5) is 12.4. The highest BCUT2D eigenvalue weighted by Gasteiger charge is 2.29.